The highest BCUT2D eigenvalue weighted by Gasteiger charge is 2.17. The molecular weight excluding hydrogens is 315 g/mol. The first kappa shape index (κ1) is 15.7. The van der Waals surface area contributed by atoms with Crippen molar-refractivity contribution in [2.45, 2.75) is 11.8 Å². The third kappa shape index (κ3) is 3.31. The van der Waals surface area contributed by atoms with E-state index < -0.39 is 21.4 Å². The van der Waals surface area contributed by atoms with Gasteiger partial charge in [0.15, 0.2) is 15.6 Å². The van der Waals surface area contributed by atoms with Crippen molar-refractivity contribution in [1.82, 2.24) is 0 Å². The number of benzene rings is 2. The molecule has 0 radical (unpaired) electrons. The van der Waals surface area contributed by atoms with Gasteiger partial charge in [-0.05, 0) is 36.8 Å². The fraction of sp³-hybridized carbons (Fsp3) is 0.133. The molecule has 0 saturated carbocycles. The molecule has 0 heterocycles. The molecule has 0 aliphatic carbocycles. The first-order chi connectivity index (χ1) is 9.70. The molecule has 2 aromatic rings. The molecule has 110 valence electrons. The van der Waals surface area contributed by atoms with E-state index in [0.29, 0.717) is 5.56 Å². The van der Waals surface area contributed by atoms with Crippen molar-refractivity contribution in [3.8, 4) is 0 Å². The van der Waals surface area contributed by atoms with Crippen LogP contribution in [0.2, 0.25) is 5.02 Å². The Kier molecular flexibility index (Phi) is 4.16. The predicted molar refractivity (Wildman–Crippen MR) is 79.1 cm³/mol. The van der Waals surface area contributed by atoms with E-state index >= 15 is 0 Å². The summed E-state index contributed by atoms with van der Waals surface area (Å²) in [6, 6.07) is 8.09. The van der Waals surface area contributed by atoms with Crippen molar-refractivity contribution >= 4 is 27.2 Å². The minimum atomic E-state index is -3.41. The Morgan fingerprint density at radius 3 is 2.48 bits per heavy atom. The first-order valence-electron chi connectivity index (χ1n) is 6.00. The summed E-state index contributed by atoms with van der Waals surface area (Å²) < 4.78 is 36.4. The zero-order valence-corrected chi connectivity index (χ0v) is 12.9. The lowest BCUT2D eigenvalue weighted by atomic mass is 10.0. The Hall–Kier alpha value is -1.72. The predicted octanol–water partition coefficient (Wildman–Crippen LogP) is 3.42. The van der Waals surface area contributed by atoms with Gasteiger partial charge >= 0.3 is 0 Å². The van der Waals surface area contributed by atoms with Crippen molar-refractivity contribution in [3.63, 3.8) is 0 Å². The second-order valence-corrected chi connectivity index (χ2v) is 7.13. The lowest BCUT2D eigenvalue weighted by Crippen LogP contribution is -2.06. The summed E-state index contributed by atoms with van der Waals surface area (Å²) in [6.07, 6.45) is 1.06. The van der Waals surface area contributed by atoms with Crippen LogP contribution < -0.4 is 0 Å². The standard InChI is InChI=1S/C15H12ClFO3S/c1-9-6-12(13(16)8-14(9)17)15(18)10-4-3-5-11(7-10)21(2,19)20/h3-8H,1-2H3. The van der Waals surface area contributed by atoms with Gasteiger partial charge in [-0.2, -0.15) is 0 Å². The average Bonchev–Trinajstić information content (AvgIpc) is 2.41. The number of ketones is 1. The molecule has 0 aliphatic heterocycles. The molecular formula is C15H12ClFO3S. The number of hydrogen-bond donors (Lipinski definition) is 0. The maximum absolute atomic E-state index is 13.4. The monoisotopic (exact) mass is 326 g/mol. The smallest absolute Gasteiger partial charge is 0.194 e. The lowest BCUT2D eigenvalue weighted by molar-refractivity contribution is 0.103. The number of carbonyl (C=O) groups is 1. The van der Waals surface area contributed by atoms with Gasteiger partial charge in [0, 0.05) is 17.4 Å². The van der Waals surface area contributed by atoms with Crippen LogP contribution in [0.3, 0.4) is 0 Å². The Morgan fingerprint density at radius 2 is 1.86 bits per heavy atom. The molecule has 6 heteroatoms. The van der Waals surface area contributed by atoms with Crippen molar-refractivity contribution in [2.75, 3.05) is 6.26 Å². The molecule has 2 rings (SSSR count). The molecule has 0 unspecified atom stereocenters. The number of hydrogen-bond acceptors (Lipinski definition) is 3. The van der Waals surface area contributed by atoms with Gasteiger partial charge in [0.2, 0.25) is 0 Å². The Bertz CT molecular complexity index is 829. The van der Waals surface area contributed by atoms with Crippen LogP contribution in [0.15, 0.2) is 41.3 Å². The minimum absolute atomic E-state index is 0.00661. The highest BCUT2D eigenvalue weighted by molar-refractivity contribution is 7.90. The van der Waals surface area contributed by atoms with Gasteiger partial charge in [-0.15, -0.1) is 0 Å². The number of halogens is 2. The molecule has 0 fully saturated rings. The fourth-order valence-corrected chi connectivity index (χ4v) is 2.76. The Morgan fingerprint density at radius 1 is 1.19 bits per heavy atom. The SMILES string of the molecule is Cc1cc(C(=O)c2cccc(S(C)(=O)=O)c2)c(Cl)cc1F. The first-order valence-corrected chi connectivity index (χ1v) is 8.27. The Labute approximate surface area is 127 Å². The normalized spacial score (nSPS) is 11.4. The van der Waals surface area contributed by atoms with Crippen molar-refractivity contribution in [2.24, 2.45) is 0 Å². The maximum Gasteiger partial charge on any atom is 0.194 e. The van der Waals surface area contributed by atoms with Crippen LogP contribution >= 0.6 is 11.6 Å². The van der Waals surface area contributed by atoms with E-state index in [2.05, 4.69) is 0 Å². The minimum Gasteiger partial charge on any atom is -0.289 e. The van der Waals surface area contributed by atoms with Crippen LogP contribution in [0, 0.1) is 12.7 Å². The highest BCUT2D eigenvalue weighted by Crippen LogP contribution is 2.24. The summed E-state index contributed by atoms with van der Waals surface area (Å²) in [5.41, 5.74) is 0.620. The second kappa shape index (κ2) is 5.58. The summed E-state index contributed by atoms with van der Waals surface area (Å²) in [6.45, 7) is 1.52. The molecule has 3 nitrogen and oxygen atoms in total. The summed E-state index contributed by atoms with van der Waals surface area (Å²) in [7, 11) is -3.41. The fourth-order valence-electron chi connectivity index (χ4n) is 1.85. The van der Waals surface area contributed by atoms with Crippen LogP contribution in [-0.2, 0) is 9.84 Å². The van der Waals surface area contributed by atoms with E-state index in [9.17, 15) is 17.6 Å². The molecule has 0 atom stereocenters. The largest absolute Gasteiger partial charge is 0.289 e. The van der Waals surface area contributed by atoms with Crippen LogP contribution in [0.5, 0.6) is 0 Å². The van der Waals surface area contributed by atoms with E-state index in [1.807, 2.05) is 0 Å². The van der Waals surface area contributed by atoms with E-state index in [1.165, 1.54) is 37.3 Å². The molecule has 0 aliphatic rings. The second-order valence-electron chi connectivity index (χ2n) is 4.71. The summed E-state index contributed by atoms with van der Waals surface area (Å²) in [5, 5.41) is -0.00661. The third-order valence-electron chi connectivity index (χ3n) is 3.02. The molecule has 0 aromatic heterocycles. The van der Waals surface area contributed by atoms with Crippen LogP contribution in [0.4, 0.5) is 4.39 Å². The average molecular weight is 327 g/mol. The van der Waals surface area contributed by atoms with Crippen molar-refractivity contribution in [3.05, 3.63) is 63.9 Å². The molecule has 0 bridgehead atoms. The molecule has 0 amide bonds. The number of sulfone groups is 1. The van der Waals surface area contributed by atoms with Gasteiger partial charge in [0.1, 0.15) is 5.82 Å². The van der Waals surface area contributed by atoms with Gasteiger partial charge in [0.05, 0.1) is 9.92 Å². The third-order valence-corrected chi connectivity index (χ3v) is 4.44. The molecule has 2 aromatic carbocycles. The zero-order chi connectivity index (χ0) is 15.8. The molecule has 0 spiro atoms. The maximum atomic E-state index is 13.4. The van der Waals surface area contributed by atoms with Gasteiger partial charge in [-0.3, -0.25) is 4.79 Å². The van der Waals surface area contributed by atoms with E-state index in [1.54, 1.807) is 0 Å². The molecule has 21 heavy (non-hydrogen) atoms. The number of rotatable bonds is 3. The molecule has 0 saturated heterocycles. The van der Waals surface area contributed by atoms with Gasteiger partial charge in [0.25, 0.3) is 0 Å². The highest BCUT2D eigenvalue weighted by atomic mass is 35.5. The van der Waals surface area contributed by atoms with Crippen LogP contribution in [0.25, 0.3) is 0 Å². The van der Waals surface area contributed by atoms with Gasteiger partial charge in [-0.25, -0.2) is 12.8 Å². The van der Waals surface area contributed by atoms with Crippen molar-refractivity contribution in [1.29, 1.82) is 0 Å². The topological polar surface area (TPSA) is 51.2 Å². The van der Waals surface area contributed by atoms with Crippen LogP contribution in [0.1, 0.15) is 21.5 Å². The van der Waals surface area contributed by atoms with Crippen LogP contribution in [-0.4, -0.2) is 20.5 Å². The molecule has 0 N–H and O–H groups in total. The zero-order valence-electron chi connectivity index (χ0n) is 11.4. The summed E-state index contributed by atoms with van der Waals surface area (Å²) in [4.78, 5) is 12.5. The van der Waals surface area contributed by atoms with Gasteiger partial charge in [-0.1, -0.05) is 23.7 Å². The van der Waals surface area contributed by atoms with E-state index in [4.69, 9.17) is 11.6 Å². The van der Waals surface area contributed by atoms with E-state index in [-0.39, 0.29) is 21.0 Å². The summed E-state index contributed by atoms with van der Waals surface area (Å²) in [5.74, 6) is -0.949. The number of aryl methyl sites for hydroxylation is 1. The lowest BCUT2D eigenvalue weighted by Gasteiger charge is -2.07. The van der Waals surface area contributed by atoms with Gasteiger partial charge < -0.3 is 0 Å². The Balaban J connectivity index is 2.53. The van der Waals surface area contributed by atoms with Crippen molar-refractivity contribution < 1.29 is 17.6 Å². The van der Waals surface area contributed by atoms with E-state index in [0.717, 1.165) is 12.3 Å². The summed E-state index contributed by atoms with van der Waals surface area (Å²) >= 11 is 5.90. The quantitative estimate of drug-likeness (QED) is 0.812. The number of carbonyl (C=O) groups excluding carboxylic acids is 1.